The maximum atomic E-state index is 12.6. The molecule has 0 aliphatic carbocycles. The molecule has 138 valence electrons. The SMILES string of the molecule is CC(C)n1nc(C(=O)NNC(=O)c2cncc(Br)c2)c2ccccc2c1=O. The van der Waals surface area contributed by atoms with Crippen molar-refractivity contribution in [2.24, 2.45) is 0 Å². The molecule has 2 aromatic heterocycles. The maximum Gasteiger partial charge on any atom is 0.290 e. The van der Waals surface area contributed by atoms with Crippen LogP contribution in [0.15, 0.2) is 52.0 Å². The van der Waals surface area contributed by atoms with Crippen LogP contribution in [-0.2, 0) is 0 Å². The average Bonchev–Trinajstić information content (AvgIpc) is 2.66. The Morgan fingerprint density at radius 3 is 2.41 bits per heavy atom. The number of hydrazine groups is 1. The fourth-order valence-electron chi connectivity index (χ4n) is 2.51. The number of nitrogens with zero attached hydrogens (tertiary/aromatic N) is 3. The van der Waals surface area contributed by atoms with Crippen LogP contribution in [0.1, 0.15) is 40.7 Å². The number of hydrogen-bond donors (Lipinski definition) is 2. The van der Waals surface area contributed by atoms with Gasteiger partial charge in [-0.05, 0) is 41.9 Å². The summed E-state index contributed by atoms with van der Waals surface area (Å²) in [7, 11) is 0. The third-order valence-corrected chi connectivity index (χ3v) is 4.22. The first-order valence-electron chi connectivity index (χ1n) is 8.11. The molecule has 3 aromatic rings. The molecule has 1 aromatic carbocycles. The second-order valence-electron chi connectivity index (χ2n) is 6.04. The van der Waals surface area contributed by atoms with Crippen LogP contribution in [0.2, 0.25) is 0 Å². The number of amides is 2. The predicted molar refractivity (Wildman–Crippen MR) is 103 cm³/mol. The molecule has 0 aliphatic rings. The Kier molecular flexibility index (Phi) is 5.31. The second kappa shape index (κ2) is 7.67. The smallest absolute Gasteiger partial charge is 0.267 e. The summed E-state index contributed by atoms with van der Waals surface area (Å²) >= 11 is 3.23. The molecule has 0 bridgehead atoms. The van der Waals surface area contributed by atoms with Crippen molar-refractivity contribution in [3.8, 4) is 0 Å². The quantitative estimate of drug-likeness (QED) is 0.620. The van der Waals surface area contributed by atoms with Crippen LogP contribution in [0.5, 0.6) is 0 Å². The van der Waals surface area contributed by atoms with E-state index in [9.17, 15) is 14.4 Å². The summed E-state index contributed by atoms with van der Waals surface area (Å²) in [5.41, 5.74) is 4.70. The van der Waals surface area contributed by atoms with Crippen molar-refractivity contribution in [1.82, 2.24) is 25.6 Å². The van der Waals surface area contributed by atoms with E-state index in [1.807, 2.05) is 0 Å². The molecule has 0 radical (unpaired) electrons. The molecular weight excluding hydrogens is 414 g/mol. The average molecular weight is 430 g/mol. The highest BCUT2D eigenvalue weighted by Gasteiger charge is 2.18. The molecule has 27 heavy (non-hydrogen) atoms. The van der Waals surface area contributed by atoms with Crippen molar-refractivity contribution in [2.45, 2.75) is 19.9 Å². The van der Waals surface area contributed by atoms with Crippen molar-refractivity contribution in [3.63, 3.8) is 0 Å². The molecule has 9 heteroatoms. The summed E-state index contributed by atoms with van der Waals surface area (Å²) in [6.45, 7) is 3.60. The molecule has 0 unspecified atom stereocenters. The summed E-state index contributed by atoms with van der Waals surface area (Å²) in [4.78, 5) is 41.2. The Morgan fingerprint density at radius 2 is 1.74 bits per heavy atom. The highest BCUT2D eigenvalue weighted by molar-refractivity contribution is 9.10. The molecule has 0 saturated heterocycles. The van der Waals surface area contributed by atoms with Gasteiger partial charge < -0.3 is 0 Å². The zero-order chi connectivity index (χ0) is 19.6. The summed E-state index contributed by atoms with van der Waals surface area (Å²) < 4.78 is 1.88. The molecule has 0 spiro atoms. The number of hydrogen-bond acceptors (Lipinski definition) is 5. The van der Waals surface area contributed by atoms with Crippen LogP contribution >= 0.6 is 15.9 Å². The topological polar surface area (TPSA) is 106 Å². The first-order chi connectivity index (χ1) is 12.9. The summed E-state index contributed by atoms with van der Waals surface area (Å²) in [6.07, 6.45) is 2.92. The van der Waals surface area contributed by atoms with Crippen LogP contribution < -0.4 is 16.4 Å². The predicted octanol–water partition coefficient (Wildman–Crippen LogP) is 2.21. The summed E-state index contributed by atoms with van der Waals surface area (Å²) in [5.74, 6) is -1.16. The lowest BCUT2D eigenvalue weighted by Gasteiger charge is -2.13. The Morgan fingerprint density at radius 1 is 1.07 bits per heavy atom. The van der Waals surface area contributed by atoms with Crippen molar-refractivity contribution < 1.29 is 9.59 Å². The van der Waals surface area contributed by atoms with E-state index in [-0.39, 0.29) is 22.9 Å². The lowest BCUT2D eigenvalue weighted by Crippen LogP contribution is -2.43. The van der Waals surface area contributed by atoms with E-state index in [0.29, 0.717) is 15.2 Å². The van der Waals surface area contributed by atoms with Gasteiger partial charge in [0.2, 0.25) is 0 Å². The summed E-state index contributed by atoms with van der Waals surface area (Å²) in [5, 5.41) is 4.98. The minimum atomic E-state index is -0.628. The first-order valence-corrected chi connectivity index (χ1v) is 8.90. The van der Waals surface area contributed by atoms with Crippen molar-refractivity contribution in [3.05, 3.63) is 68.8 Å². The van der Waals surface area contributed by atoms with E-state index in [0.717, 1.165) is 0 Å². The van der Waals surface area contributed by atoms with Gasteiger partial charge in [0.25, 0.3) is 17.4 Å². The molecule has 8 nitrogen and oxygen atoms in total. The molecule has 3 rings (SSSR count). The largest absolute Gasteiger partial charge is 0.290 e. The highest BCUT2D eigenvalue weighted by Crippen LogP contribution is 2.14. The van der Waals surface area contributed by atoms with Gasteiger partial charge in [-0.2, -0.15) is 5.10 Å². The molecule has 2 amide bonds. The van der Waals surface area contributed by atoms with Gasteiger partial charge in [0.1, 0.15) is 0 Å². The molecule has 2 N–H and O–H groups in total. The number of nitrogens with one attached hydrogen (secondary N) is 2. The lowest BCUT2D eigenvalue weighted by atomic mass is 10.1. The number of halogens is 1. The van der Waals surface area contributed by atoms with Gasteiger partial charge in [0, 0.05) is 22.3 Å². The fourth-order valence-corrected chi connectivity index (χ4v) is 2.87. The van der Waals surface area contributed by atoms with Gasteiger partial charge in [-0.15, -0.1) is 0 Å². The Hall–Kier alpha value is -3.07. The van der Waals surface area contributed by atoms with Crippen LogP contribution in [0.3, 0.4) is 0 Å². The standard InChI is InChI=1S/C18H16BrN5O3/c1-10(2)24-18(27)14-6-4-3-5-13(14)15(23-24)17(26)22-21-16(25)11-7-12(19)9-20-8-11/h3-10H,1-2H3,(H,21,25)(H,22,26). The van der Waals surface area contributed by atoms with Gasteiger partial charge in [-0.25, -0.2) is 4.68 Å². The van der Waals surface area contributed by atoms with Crippen molar-refractivity contribution >= 4 is 38.5 Å². The second-order valence-corrected chi connectivity index (χ2v) is 6.95. The van der Waals surface area contributed by atoms with E-state index in [4.69, 9.17) is 0 Å². The fraction of sp³-hybridized carbons (Fsp3) is 0.167. The van der Waals surface area contributed by atoms with E-state index in [1.165, 1.54) is 10.9 Å². The van der Waals surface area contributed by atoms with E-state index in [1.54, 1.807) is 50.4 Å². The molecular formula is C18H16BrN5O3. The lowest BCUT2D eigenvalue weighted by molar-refractivity contribution is 0.0843. The molecule has 0 fully saturated rings. The maximum absolute atomic E-state index is 12.6. The number of aromatic nitrogens is 3. The van der Waals surface area contributed by atoms with E-state index < -0.39 is 11.8 Å². The Balaban J connectivity index is 1.90. The minimum Gasteiger partial charge on any atom is -0.267 e. The molecule has 0 saturated carbocycles. The van der Waals surface area contributed by atoms with Gasteiger partial charge in [0.15, 0.2) is 5.69 Å². The number of carbonyl (C=O) groups is 2. The number of rotatable bonds is 3. The number of carbonyl (C=O) groups excluding carboxylic acids is 2. The van der Waals surface area contributed by atoms with Crippen molar-refractivity contribution in [2.75, 3.05) is 0 Å². The Labute approximate surface area is 162 Å². The monoisotopic (exact) mass is 429 g/mol. The first kappa shape index (κ1) is 18.7. The van der Waals surface area contributed by atoms with E-state index >= 15 is 0 Å². The molecule has 0 atom stereocenters. The van der Waals surface area contributed by atoms with Crippen LogP contribution in [0, 0.1) is 0 Å². The zero-order valence-corrected chi connectivity index (χ0v) is 16.1. The molecule has 0 aliphatic heterocycles. The number of benzene rings is 1. The zero-order valence-electron chi connectivity index (χ0n) is 14.6. The van der Waals surface area contributed by atoms with Crippen LogP contribution in [-0.4, -0.2) is 26.6 Å². The van der Waals surface area contributed by atoms with Gasteiger partial charge in [-0.1, -0.05) is 18.2 Å². The number of fused-ring (bicyclic) bond motifs is 1. The minimum absolute atomic E-state index is 0.0477. The summed E-state index contributed by atoms with van der Waals surface area (Å²) in [6, 6.07) is 8.06. The van der Waals surface area contributed by atoms with Crippen molar-refractivity contribution in [1.29, 1.82) is 0 Å². The normalized spacial score (nSPS) is 10.8. The number of pyridine rings is 1. The van der Waals surface area contributed by atoms with Gasteiger partial charge in [0.05, 0.1) is 17.0 Å². The highest BCUT2D eigenvalue weighted by atomic mass is 79.9. The third kappa shape index (κ3) is 3.87. The van der Waals surface area contributed by atoms with Gasteiger partial charge in [-0.3, -0.25) is 30.2 Å². The van der Waals surface area contributed by atoms with E-state index in [2.05, 4.69) is 36.9 Å². The third-order valence-electron chi connectivity index (χ3n) is 3.79. The van der Waals surface area contributed by atoms with Crippen LogP contribution in [0.4, 0.5) is 0 Å². The Bertz CT molecular complexity index is 1090. The molecule has 2 heterocycles. The van der Waals surface area contributed by atoms with Gasteiger partial charge >= 0.3 is 0 Å². The van der Waals surface area contributed by atoms with Crippen LogP contribution in [0.25, 0.3) is 10.8 Å².